The molecule has 0 bridgehead atoms. The Morgan fingerprint density at radius 2 is 1.81 bits per heavy atom. The average Bonchev–Trinajstić information content (AvgIpc) is 2.69. The molecular formula is C20H23ClFN3O2. The second-order valence-corrected chi connectivity index (χ2v) is 6.95. The Labute approximate surface area is 163 Å². The van der Waals surface area contributed by atoms with E-state index in [0.717, 1.165) is 37.6 Å². The molecule has 0 radical (unpaired) electrons. The molecule has 0 unspecified atom stereocenters. The maximum absolute atomic E-state index is 13.9. The van der Waals surface area contributed by atoms with Gasteiger partial charge in [0.15, 0.2) is 0 Å². The van der Waals surface area contributed by atoms with Gasteiger partial charge in [0, 0.05) is 36.9 Å². The Bertz CT molecular complexity index is 792. The molecule has 1 N–H and O–H groups in total. The standard InChI is InChI=1S/C20H23ClFN3O2/c1-14(20(26)23-19-8-3-15(21)13-18(19)22)24-9-11-25(12-10-24)16-4-6-17(27-2)7-5-16/h3-8,13-14H,9-12H2,1-2H3,(H,23,26)/t14-/m1/s1. The molecule has 1 saturated heterocycles. The molecule has 7 heteroatoms. The van der Waals surface area contributed by atoms with Gasteiger partial charge in [-0.3, -0.25) is 9.69 Å². The van der Waals surface area contributed by atoms with Crippen LogP contribution < -0.4 is 15.0 Å². The second-order valence-electron chi connectivity index (χ2n) is 6.51. The number of hydrogen-bond donors (Lipinski definition) is 1. The van der Waals surface area contributed by atoms with Crippen molar-refractivity contribution < 1.29 is 13.9 Å². The second kappa shape index (κ2) is 8.59. The number of hydrogen-bond acceptors (Lipinski definition) is 4. The van der Waals surface area contributed by atoms with Crippen LogP contribution in [0.4, 0.5) is 15.8 Å². The first kappa shape index (κ1) is 19.5. The maximum Gasteiger partial charge on any atom is 0.241 e. The monoisotopic (exact) mass is 391 g/mol. The van der Waals surface area contributed by atoms with Gasteiger partial charge in [0.05, 0.1) is 18.8 Å². The molecule has 2 aromatic carbocycles. The molecule has 1 aliphatic heterocycles. The number of ether oxygens (including phenoxy) is 1. The van der Waals surface area contributed by atoms with Gasteiger partial charge in [-0.1, -0.05) is 11.6 Å². The van der Waals surface area contributed by atoms with Crippen LogP contribution in [0.2, 0.25) is 5.02 Å². The van der Waals surface area contributed by atoms with Crippen molar-refractivity contribution in [1.82, 2.24) is 4.90 Å². The fourth-order valence-electron chi connectivity index (χ4n) is 3.15. The number of nitrogens with one attached hydrogen (secondary N) is 1. The molecule has 0 spiro atoms. The van der Waals surface area contributed by atoms with E-state index in [9.17, 15) is 9.18 Å². The number of carbonyl (C=O) groups excluding carboxylic acids is 1. The normalized spacial score (nSPS) is 16.1. The van der Waals surface area contributed by atoms with Gasteiger partial charge >= 0.3 is 0 Å². The number of methoxy groups -OCH3 is 1. The number of benzene rings is 2. The number of rotatable bonds is 5. The predicted molar refractivity (Wildman–Crippen MR) is 106 cm³/mol. The van der Waals surface area contributed by atoms with Crippen molar-refractivity contribution in [2.24, 2.45) is 0 Å². The average molecular weight is 392 g/mol. The van der Waals surface area contributed by atoms with E-state index in [1.807, 2.05) is 31.2 Å². The highest BCUT2D eigenvalue weighted by Crippen LogP contribution is 2.22. The lowest BCUT2D eigenvalue weighted by atomic mass is 10.2. The topological polar surface area (TPSA) is 44.8 Å². The van der Waals surface area contributed by atoms with Gasteiger partial charge in [-0.05, 0) is 49.4 Å². The van der Waals surface area contributed by atoms with Crippen LogP contribution in [-0.4, -0.2) is 50.1 Å². The van der Waals surface area contributed by atoms with Gasteiger partial charge < -0.3 is 15.0 Å². The highest BCUT2D eigenvalue weighted by Gasteiger charge is 2.26. The third-order valence-corrected chi connectivity index (χ3v) is 5.10. The van der Waals surface area contributed by atoms with Gasteiger partial charge in [-0.25, -0.2) is 4.39 Å². The van der Waals surface area contributed by atoms with E-state index < -0.39 is 5.82 Å². The van der Waals surface area contributed by atoms with Gasteiger partial charge in [0.2, 0.25) is 5.91 Å². The van der Waals surface area contributed by atoms with E-state index in [1.54, 1.807) is 13.2 Å². The minimum Gasteiger partial charge on any atom is -0.497 e. The first-order valence-electron chi connectivity index (χ1n) is 8.87. The zero-order chi connectivity index (χ0) is 19.4. The molecule has 1 fully saturated rings. The van der Waals surface area contributed by atoms with Gasteiger partial charge in [0.1, 0.15) is 11.6 Å². The fourth-order valence-corrected chi connectivity index (χ4v) is 3.31. The Hall–Kier alpha value is -2.31. The first-order chi connectivity index (χ1) is 13.0. The van der Waals surface area contributed by atoms with Crippen LogP contribution in [0.3, 0.4) is 0 Å². The van der Waals surface area contributed by atoms with Crippen LogP contribution in [0, 0.1) is 5.82 Å². The van der Waals surface area contributed by atoms with E-state index in [2.05, 4.69) is 15.1 Å². The van der Waals surface area contributed by atoms with Crippen molar-refractivity contribution in [3.63, 3.8) is 0 Å². The summed E-state index contributed by atoms with van der Waals surface area (Å²) in [4.78, 5) is 16.9. The lowest BCUT2D eigenvalue weighted by Gasteiger charge is -2.38. The predicted octanol–water partition coefficient (Wildman–Crippen LogP) is 3.64. The molecule has 1 atom stereocenters. The van der Waals surface area contributed by atoms with Gasteiger partial charge in [-0.15, -0.1) is 0 Å². The summed E-state index contributed by atoms with van der Waals surface area (Å²) in [6.45, 7) is 4.98. The summed E-state index contributed by atoms with van der Waals surface area (Å²) in [5.74, 6) is 0.0682. The number of amides is 1. The first-order valence-corrected chi connectivity index (χ1v) is 9.24. The maximum atomic E-state index is 13.9. The highest BCUT2D eigenvalue weighted by molar-refractivity contribution is 6.30. The molecule has 0 aromatic heterocycles. The zero-order valence-electron chi connectivity index (χ0n) is 15.4. The summed E-state index contributed by atoms with van der Waals surface area (Å²) in [6.07, 6.45) is 0. The summed E-state index contributed by atoms with van der Waals surface area (Å²) in [6, 6.07) is 11.8. The van der Waals surface area contributed by atoms with Crippen LogP contribution in [-0.2, 0) is 4.79 Å². The quantitative estimate of drug-likeness (QED) is 0.845. The number of carbonyl (C=O) groups is 1. The molecule has 2 aromatic rings. The van der Waals surface area contributed by atoms with Crippen LogP contribution in [0.1, 0.15) is 6.92 Å². The Morgan fingerprint density at radius 3 is 2.41 bits per heavy atom. The van der Waals surface area contributed by atoms with E-state index in [4.69, 9.17) is 16.3 Å². The minimum absolute atomic E-state index is 0.146. The number of anilines is 2. The van der Waals surface area contributed by atoms with Crippen LogP contribution >= 0.6 is 11.6 Å². The van der Waals surface area contributed by atoms with Crippen LogP contribution in [0.5, 0.6) is 5.75 Å². The molecule has 1 aliphatic rings. The SMILES string of the molecule is COc1ccc(N2CCN([C@H](C)C(=O)Nc3ccc(Cl)cc3F)CC2)cc1. The van der Waals surface area contributed by atoms with Crippen molar-refractivity contribution in [3.8, 4) is 5.75 Å². The Kier molecular flexibility index (Phi) is 6.19. The third kappa shape index (κ3) is 4.70. The lowest BCUT2D eigenvalue weighted by Crippen LogP contribution is -2.52. The summed E-state index contributed by atoms with van der Waals surface area (Å²) < 4.78 is 19.1. The van der Waals surface area contributed by atoms with Crippen LogP contribution in [0.15, 0.2) is 42.5 Å². The van der Waals surface area contributed by atoms with Crippen molar-refractivity contribution in [1.29, 1.82) is 0 Å². The molecule has 1 amide bonds. The fraction of sp³-hybridized carbons (Fsp3) is 0.350. The van der Waals surface area contributed by atoms with E-state index in [0.29, 0.717) is 5.02 Å². The molecule has 5 nitrogen and oxygen atoms in total. The van der Waals surface area contributed by atoms with E-state index in [1.165, 1.54) is 12.1 Å². The zero-order valence-corrected chi connectivity index (χ0v) is 16.2. The summed E-state index contributed by atoms with van der Waals surface area (Å²) in [7, 11) is 1.65. The van der Waals surface area contributed by atoms with Crippen molar-refractivity contribution in [2.75, 3.05) is 43.5 Å². The molecule has 27 heavy (non-hydrogen) atoms. The molecule has 0 saturated carbocycles. The summed E-state index contributed by atoms with van der Waals surface area (Å²) in [5, 5.41) is 2.95. The van der Waals surface area contributed by atoms with Crippen molar-refractivity contribution in [2.45, 2.75) is 13.0 Å². The van der Waals surface area contributed by atoms with Crippen molar-refractivity contribution >= 4 is 28.9 Å². The third-order valence-electron chi connectivity index (χ3n) is 4.87. The molecule has 144 valence electrons. The number of halogens is 2. The molecular weight excluding hydrogens is 369 g/mol. The smallest absolute Gasteiger partial charge is 0.241 e. The van der Waals surface area contributed by atoms with Crippen LogP contribution in [0.25, 0.3) is 0 Å². The largest absolute Gasteiger partial charge is 0.497 e. The number of nitrogens with zero attached hydrogens (tertiary/aromatic N) is 2. The minimum atomic E-state index is -0.535. The molecule has 0 aliphatic carbocycles. The highest BCUT2D eigenvalue weighted by atomic mass is 35.5. The van der Waals surface area contributed by atoms with Crippen molar-refractivity contribution in [3.05, 3.63) is 53.3 Å². The number of piperazine rings is 1. The Balaban J connectivity index is 1.55. The van der Waals surface area contributed by atoms with E-state index in [-0.39, 0.29) is 17.6 Å². The Morgan fingerprint density at radius 1 is 1.15 bits per heavy atom. The summed E-state index contributed by atoms with van der Waals surface area (Å²) in [5.41, 5.74) is 1.28. The van der Waals surface area contributed by atoms with Gasteiger partial charge in [-0.2, -0.15) is 0 Å². The molecule has 1 heterocycles. The summed E-state index contributed by atoms with van der Waals surface area (Å²) >= 11 is 5.75. The van der Waals surface area contributed by atoms with Gasteiger partial charge in [0.25, 0.3) is 0 Å². The van der Waals surface area contributed by atoms with E-state index >= 15 is 0 Å². The lowest BCUT2D eigenvalue weighted by molar-refractivity contribution is -0.120. The molecule has 3 rings (SSSR count).